The van der Waals surface area contributed by atoms with Crippen molar-refractivity contribution in [2.24, 2.45) is 11.8 Å². The van der Waals surface area contributed by atoms with Crippen molar-refractivity contribution in [1.29, 1.82) is 0 Å². The highest BCUT2D eigenvalue weighted by Gasteiger charge is 2.28. The van der Waals surface area contributed by atoms with Crippen molar-refractivity contribution in [2.75, 3.05) is 23.3 Å². The van der Waals surface area contributed by atoms with Crippen molar-refractivity contribution in [1.82, 2.24) is 5.32 Å². The van der Waals surface area contributed by atoms with Gasteiger partial charge in [0.15, 0.2) is 0 Å². The first-order valence-corrected chi connectivity index (χ1v) is 11.7. The summed E-state index contributed by atoms with van der Waals surface area (Å²) < 4.78 is 0. The van der Waals surface area contributed by atoms with Crippen molar-refractivity contribution < 1.29 is 4.79 Å². The molecule has 0 bridgehead atoms. The van der Waals surface area contributed by atoms with Gasteiger partial charge < -0.3 is 15.5 Å². The average molecular weight is 424 g/mol. The molecule has 1 amide bonds. The number of nitrogens with zero attached hydrogens (tertiary/aromatic N) is 1. The summed E-state index contributed by atoms with van der Waals surface area (Å²) >= 11 is 0. The number of hydrogen-bond acceptors (Lipinski definition) is 5. The Morgan fingerprint density at radius 1 is 0.968 bits per heavy atom. The minimum atomic E-state index is -0.425. The van der Waals surface area contributed by atoms with E-state index in [2.05, 4.69) is 24.5 Å². The predicted octanol–water partition coefficient (Wildman–Crippen LogP) is 3.44. The van der Waals surface area contributed by atoms with Gasteiger partial charge in [-0.1, -0.05) is 38.8 Å². The van der Waals surface area contributed by atoms with Crippen LogP contribution in [0.1, 0.15) is 68.3 Å². The number of anilines is 2. The monoisotopic (exact) mass is 423 g/mol. The van der Waals surface area contributed by atoms with E-state index in [1.165, 1.54) is 19.3 Å². The number of nitrogens with one attached hydrogen (secondary N) is 2. The van der Waals surface area contributed by atoms with Gasteiger partial charge in [-0.15, -0.1) is 0 Å². The number of amides is 1. The Kier molecular flexibility index (Phi) is 6.44. The lowest BCUT2D eigenvalue weighted by atomic mass is 9.86. The van der Waals surface area contributed by atoms with Crippen LogP contribution in [0.2, 0.25) is 0 Å². The van der Waals surface area contributed by atoms with Gasteiger partial charge in [0.25, 0.3) is 16.8 Å². The highest BCUT2D eigenvalue weighted by atomic mass is 16.2. The molecule has 2 fully saturated rings. The maximum absolute atomic E-state index is 12.6. The van der Waals surface area contributed by atoms with Crippen LogP contribution >= 0.6 is 0 Å². The van der Waals surface area contributed by atoms with Gasteiger partial charge in [0.2, 0.25) is 0 Å². The second-order valence-corrected chi connectivity index (χ2v) is 9.44. The van der Waals surface area contributed by atoms with E-state index in [4.69, 9.17) is 0 Å². The quantitative estimate of drug-likeness (QED) is 0.696. The second-order valence-electron chi connectivity index (χ2n) is 9.44. The molecule has 2 aromatic carbocycles. The molecule has 0 unspecified atom stereocenters. The zero-order valence-corrected chi connectivity index (χ0v) is 18.6. The third-order valence-electron chi connectivity index (χ3n) is 7.10. The van der Waals surface area contributed by atoms with Crippen LogP contribution in [0.3, 0.4) is 0 Å². The lowest BCUT2D eigenvalue weighted by molar-refractivity contribution is 0.0910. The van der Waals surface area contributed by atoms with Crippen LogP contribution in [0.5, 0.6) is 0 Å². The fourth-order valence-electron chi connectivity index (χ4n) is 4.82. The van der Waals surface area contributed by atoms with E-state index in [-0.39, 0.29) is 17.4 Å². The Morgan fingerprint density at radius 3 is 2.32 bits per heavy atom. The zero-order chi connectivity index (χ0) is 22.0. The Morgan fingerprint density at radius 2 is 1.65 bits per heavy atom. The van der Waals surface area contributed by atoms with E-state index in [0.717, 1.165) is 37.9 Å². The third-order valence-corrected chi connectivity index (χ3v) is 7.10. The van der Waals surface area contributed by atoms with Gasteiger partial charge in [-0.25, -0.2) is 0 Å². The van der Waals surface area contributed by atoms with Gasteiger partial charge in [0, 0.05) is 31.2 Å². The molecule has 0 spiro atoms. The van der Waals surface area contributed by atoms with Crippen molar-refractivity contribution in [3.8, 4) is 0 Å². The molecule has 0 aromatic heterocycles. The summed E-state index contributed by atoms with van der Waals surface area (Å²) in [6.45, 7) is 6.52. The van der Waals surface area contributed by atoms with Gasteiger partial charge in [0.1, 0.15) is 11.4 Å². The van der Waals surface area contributed by atoms with Gasteiger partial charge in [0.05, 0.1) is 0 Å². The molecule has 6 nitrogen and oxygen atoms in total. The molecule has 6 heteroatoms. The highest BCUT2D eigenvalue weighted by molar-refractivity contribution is 5.94. The molecule has 1 aliphatic heterocycles. The first kappa shape index (κ1) is 21.6. The Balaban J connectivity index is 1.35. The van der Waals surface area contributed by atoms with E-state index < -0.39 is 5.43 Å². The molecule has 2 aromatic rings. The molecular weight excluding hydrogens is 390 g/mol. The summed E-state index contributed by atoms with van der Waals surface area (Å²) in [4.78, 5) is 38.9. The molecule has 0 radical (unpaired) electrons. The largest absolute Gasteiger partial charge is 0.376 e. The lowest BCUT2D eigenvalue weighted by Gasteiger charge is -2.33. The van der Waals surface area contributed by atoms with Crippen LogP contribution in [-0.4, -0.2) is 25.0 Å². The van der Waals surface area contributed by atoms with Crippen LogP contribution in [0.4, 0.5) is 11.4 Å². The minimum absolute atomic E-state index is 0.0256. The average Bonchev–Trinajstić information content (AvgIpc) is 2.79. The summed E-state index contributed by atoms with van der Waals surface area (Å²) in [5, 5.41) is 6.34. The number of carbonyl (C=O) groups excluding carboxylic acids is 1. The summed E-state index contributed by atoms with van der Waals surface area (Å²) in [7, 11) is 0. The van der Waals surface area contributed by atoms with Crippen molar-refractivity contribution >= 4 is 17.3 Å². The molecule has 2 atom stereocenters. The van der Waals surface area contributed by atoms with Gasteiger partial charge in [-0.2, -0.15) is 0 Å². The van der Waals surface area contributed by atoms with E-state index in [9.17, 15) is 14.4 Å². The number of carbonyl (C=O) groups is 1. The summed E-state index contributed by atoms with van der Waals surface area (Å²) in [5.41, 5.74) is 1.81. The summed E-state index contributed by atoms with van der Waals surface area (Å²) in [6.07, 6.45) is 6.73. The van der Waals surface area contributed by atoms with E-state index in [1.807, 2.05) is 29.2 Å². The van der Waals surface area contributed by atoms with E-state index in [0.29, 0.717) is 35.3 Å². The van der Waals surface area contributed by atoms with Crippen LogP contribution in [0.15, 0.2) is 33.9 Å². The number of rotatable bonds is 6. The van der Waals surface area contributed by atoms with Crippen LogP contribution in [-0.2, 0) is 6.54 Å². The molecular formula is C25H33N3O3. The SMILES string of the molecule is CC1CCN(c2c(NCc3ccc(C(=O)N[C@@H]4CCCC[C@@H]4C)cc3)c(=O)c2=O)CC1. The van der Waals surface area contributed by atoms with Gasteiger partial charge >= 0.3 is 0 Å². The molecule has 2 aliphatic rings. The third kappa shape index (κ3) is 4.68. The van der Waals surface area contributed by atoms with Gasteiger partial charge in [-0.3, -0.25) is 14.4 Å². The van der Waals surface area contributed by atoms with Gasteiger partial charge in [-0.05, 0) is 55.2 Å². The molecule has 1 aliphatic carbocycles. The Bertz CT molecular complexity index is 983. The topological polar surface area (TPSA) is 78.5 Å². The first-order chi connectivity index (χ1) is 14.9. The van der Waals surface area contributed by atoms with Crippen LogP contribution < -0.4 is 26.4 Å². The molecule has 1 saturated heterocycles. The van der Waals surface area contributed by atoms with E-state index >= 15 is 0 Å². The molecule has 1 heterocycles. The fraction of sp³-hybridized carbons (Fsp3) is 0.560. The second kappa shape index (κ2) is 9.25. The fourth-order valence-corrected chi connectivity index (χ4v) is 4.82. The number of piperidine rings is 1. The van der Waals surface area contributed by atoms with Crippen molar-refractivity contribution in [2.45, 2.75) is 65.0 Å². The zero-order valence-electron chi connectivity index (χ0n) is 18.6. The molecule has 31 heavy (non-hydrogen) atoms. The molecule has 166 valence electrons. The summed E-state index contributed by atoms with van der Waals surface area (Å²) in [5.74, 6) is 1.16. The normalized spacial score (nSPS) is 22.5. The van der Waals surface area contributed by atoms with E-state index in [1.54, 1.807) is 0 Å². The molecule has 1 saturated carbocycles. The van der Waals surface area contributed by atoms with Crippen molar-refractivity contribution in [3.63, 3.8) is 0 Å². The maximum Gasteiger partial charge on any atom is 0.253 e. The minimum Gasteiger partial charge on any atom is -0.376 e. The summed E-state index contributed by atoms with van der Waals surface area (Å²) in [6, 6.07) is 7.72. The van der Waals surface area contributed by atoms with Crippen molar-refractivity contribution in [3.05, 3.63) is 55.8 Å². The van der Waals surface area contributed by atoms with Crippen LogP contribution in [0, 0.1) is 11.8 Å². The highest BCUT2D eigenvalue weighted by Crippen LogP contribution is 2.27. The van der Waals surface area contributed by atoms with Crippen LogP contribution in [0.25, 0.3) is 0 Å². The smallest absolute Gasteiger partial charge is 0.253 e. The Hall–Kier alpha value is -2.63. The number of hydrogen-bond donors (Lipinski definition) is 2. The predicted molar refractivity (Wildman–Crippen MR) is 125 cm³/mol. The first-order valence-electron chi connectivity index (χ1n) is 11.7. The molecule has 4 rings (SSSR count). The lowest BCUT2D eigenvalue weighted by Crippen LogP contribution is -2.45. The molecule has 2 N–H and O–H groups in total. The Labute approximate surface area is 183 Å². The standard InChI is InChI=1S/C25H33N3O3/c1-16-11-13-28(14-12-16)22-21(23(29)24(22)30)26-15-18-7-9-19(10-8-18)25(31)27-20-6-4-3-5-17(20)2/h7-10,16-17,20,26H,3-6,11-15H2,1-2H3,(H,27,31)/t17-,20+/m0/s1. The maximum atomic E-state index is 12.6. The number of benzene rings is 1.